The van der Waals surface area contributed by atoms with Gasteiger partial charge in [-0.3, -0.25) is 4.79 Å². The molecule has 0 bridgehead atoms. The molecular weight excluding hydrogens is 212 g/mol. The molecule has 0 spiro atoms. The zero-order chi connectivity index (χ0) is 12.4. The molecule has 98 valence electrons. The van der Waals surface area contributed by atoms with Crippen LogP contribution in [0.1, 0.15) is 52.4 Å². The second-order valence-corrected chi connectivity index (χ2v) is 6.15. The molecule has 0 saturated heterocycles. The number of carbonyl (C=O) groups excluding carboxylic acids is 1. The Labute approximate surface area is 105 Å². The van der Waals surface area contributed by atoms with Crippen LogP contribution >= 0.6 is 0 Å². The van der Waals surface area contributed by atoms with Gasteiger partial charge < -0.3 is 11.1 Å². The summed E-state index contributed by atoms with van der Waals surface area (Å²) < 4.78 is 0. The van der Waals surface area contributed by atoms with Crippen molar-refractivity contribution in [3.63, 3.8) is 0 Å². The van der Waals surface area contributed by atoms with Crippen molar-refractivity contribution in [1.29, 1.82) is 0 Å². The molecular formula is C14H26N2O. The highest BCUT2D eigenvalue weighted by atomic mass is 16.1. The third-order valence-corrected chi connectivity index (χ3v) is 4.70. The van der Waals surface area contributed by atoms with Crippen molar-refractivity contribution in [3.05, 3.63) is 0 Å². The third-order valence-electron chi connectivity index (χ3n) is 4.70. The van der Waals surface area contributed by atoms with Crippen LogP contribution in [-0.2, 0) is 4.79 Å². The molecule has 4 atom stereocenters. The summed E-state index contributed by atoms with van der Waals surface area (Å²) in [6.07, 6.45) is 6.62. The SMILES string of the molecule is CC1CCCC(NC(=O)CC(N)C2CC2)C1C. The van der Waals surface area contributed by atoms with E-state index in [1.54, 1.807) is 0 Å². The van der Waals surface area contributed by atoms with E-state index >= 15 is 0 Å². The minimum absolute atomic E-state index is 0.0892. The Morgan fingerprint density at radius 3 is 2.65 bits per heavy atom. The van der Waals surface area contributed by atoms with E-state index in [0.29, 0.717) is 24.3 Å². The summed E-state index contributed by atoms with van der Waals surface area (Å²) in [5.41, 5.74) is 5.99. The van der Waals surface area contributed by atoms with Crippen molar-refractivity contribution < 1.29 is 4.79 Å². The van der Waals surface area contributed by atoms with E-state index in [9.17, 15) is 4.79 Å². The summed E-state index contributed by atoms with van der Waals surface area (Å²) >= 11 is 0. The first-order valence-corrected chi connectivity index (χ1v) is 7.13. The first-order valence-electron chi connectivity index (χ1n) is 7.13. The maximum Gasteiger partial charge on any atom is 0.221 e. The molecule has 2 fully saturated rings. The van der Waals surface area contributed by atoms with E-state index in [1.165, 1.54) is 25.7 Å². The zero-order valence-corrected chi connectivity index (χ0v) is 11.1. The van der Waals surface area contributed by atoms with Crippen LogP contribution in [0.4, 0.5) is 0 Å². The van der Waals surface area contributed by atoms with Gasteiger partial charge in [-0.2, -0.15) is 0 Å². The molecule has 3 nitrogen and oxygen atoms in total. The van der Waals surface area contributed by atoms with E-state index in [-0.39, 0.29) is 11.9 Å². The lowest BCUT2D eigenvalue weighted by Gasteiger charge is -2.34. The molecule has 0 radical (unpaired) electrons. The average molecular weight is 238 g/mol. The van der Waals surface area contributed by atoms with E-state index < -0.39 is 0 Å². The quantitative estimate of drug-likeness (QED) is 0.787. The molecule has 0 aromatic rings. The number of rotatable bonds is 4. The molecule has 2 aliphatic rings. The van der Waals surface area contributed by atoms with Gasteiger partial charge in [0.15, 0.2) is 0 Å². The van der Waals surface area contributed by atoms with Gasteiger partial charge in [-0.05, 0) is 37.0 Å². The molecule has 4 unspecified atom stereocenters. The van der Waals surface area contributed by atoms with Gasteiger partial charge in [-0.15, -0.1) is 0 Å². The maximum absolute atomic E-state index is 11.9. The van der Waals surface area contributed by atoms with Crippen LogP contribution in [0, 0.1) is 17.8 Å². The summed E-state index contributed by atoms with van der Waals surface area (Å²) in [6, 6.07) is 0.462. The third kappa shape index (κ3) is 3.44. The second kappa shape index (κ2) is 5.38. The fourth-order valence-corrected chi connectivity index (χ4v) is 2.96. The van der Waals surface area contributed by atoms with Gasteiger partial charge in [0.1, 0.15) is 0 Å². The van der Waals surface area contributed by atoms with Gasteiger partial charge in [0.25, 0.3) is 0 Å². The molecule has 2 saturated carbocycles. The molecule has 17 heavy (non-hydrogen) atoms. The van der Waals surface area contributed by atoms with Crippen LogP contribution in [0.25, 0.3) is 0 Å². The lowest BCUT2D eigenvalue weighted by atomic mass is 9.78. The van der Waals surface area contributed by atoms with Gasteiger partial charge in [-0.25, -0.2) is 0 Å². The summed E-state index contributed by atoms with van der Waals surface area (Å²) in [6.45, 7) is 4.55. The molecule has 0 heterocycles. The summed E-state index contributed by atoms with van der Waals surface area (Å²) in [7, 11) is 0. The molecule has 0 aliphatic heterocycles. The highest BCUT2D eigenvalue weighted by molar-refractivity contribution is 5.77. The van der Waals surface area contributed by atoms with Crippen molar-refractivity contribution >= 4 is 5.91 Å². The van der Waals surface area contributed by atoms with Crippen molar-refractivity contribution in [2.24, 2.45) is 23.5 Å². The van der Waals surface area contributed by atoms with Crippen molar-refractivity contribution in [2.45, 2.75) is 64.5 Å². The first kappa shape index (κ1) is 12.9. The summed E-state index contributed by atoms with van der Waals surface area (Å²) in [5.74, 6) is 2.11. The topological polar surface area (TPSA) is 55.1 Å². The number of nitrogens with one attached hydrogen (secondary N) is 1. The summed E-state index contributed by atoms with van der Waals surface area (Å²) in [5, 5.41) is 3.19. The van der Waals surface area contributed by atoms with Crippen molar-refractivity contribution in [3.8, 4) is 0 Å². The number of carbonyl (C=O) groups is 1. The van der Waals surface area contributed by atoms with Crippen LogP contribution < -0.4 is 11.1 Å². The van der Waals surface area contributed by atoms with E-state index in [2.05, 4.69) is 19.2 Å². The fourth-order valence-electron chi connectivity index (χ4n) is 2.96. The van der Waals surface area contributed by atoms with Gasteiger partial charge in [0.2, 0.25) is 5.91 Å². The molecule has 0 aromatic heterocycles. The van der Waals surface area contributed by atoms with E-state index in [1.807, 2.05) is 0 Å². The van der Waals surface area contributed by atoms with E-state index in [0.717, 1.165) is 12.3 Å². The number of hydrogen-bond donors (Lipinski definition) is 2. The Morgan fingerprint density at radius 2 is 2.00 bits per heavy atom. The van der Waals surface area contributed by atoms with Gasteiger partial charge in [0, 0.05) is 18.5 Å². The van der Waals surface area contributed by atoms with Gasteiger partial charge >= 0.3 is 0 Å². The van der Waals surface area contributed by atoms with Crippen LogP contribution in [0.2, 0.25) is 0 Å². The Balaban J connectivity index is 1.76. The van der Waals surface area contributed by atoms with Crippen molar-refractivity contribution in [1.82, 2.24) is 5.32 Å². The zero-order valence-electron chi connectivity index (χ0n) is 11.1. The number of nitrogens with two attached hydrogens (primary N) is 1. The van der Waals surface area contributed by atoms with Crippen LogP contribution in [0.3, 0.4) is 0 Å². The van der Waals surface area contributed by atoms with Crippen LogP contribution in [0.15, 0.2) is 0 Å². The normalized spacial score (nSPS) is 35.4. The predicted molar refractivity (Wildman–Crippen MR) is 69.4 cm³/mol. The largest absolute Gasteiger partial charge is 0.353 e. The molecule has 3 heteroatoms. The minimum atomic E-state index is 0.0892. The highest BCUT2D eigenvalue weighted by Crippen LogP contribution is 2.33. The highest BCUT2D eigenvalue weighted by Gasteiger charge is 2.32. The van der Waals surface area contributed by atoms with Crippen LogP contribution in [-0.4, -0.2) is 18.0 Å². The smallest absolute Gasteiger partial charge is 0.221 e. The minimum Gasteiger partial charge on any atom is -0.353 e. The fraction of sp³-hybridized carbons (Fsp3) is 0.929. The predicted octanol–water partition coefficient (Wildman–Crippen LogP) is 2.05. The Morgan fingerprint density at radius 1 is 1.29 bits per heavy atom. The van der Waals surface area contributed by atoms with Gasteiger partial charge in [0.05, 0.1) is 0 Å². The van der Waals surface area contributed by atoms with Crippen molar-refractivity contribution in [2.75, 3.05) is 0 Å². The van der Waals surface area contributed by atoms with Crippen LogP contribution in [0.5, 0.6) is 0 Å². The lowest BCUT2D eigenvalue weighted by Crippen LogP contribution is -2.45. The Hall–Kier alpha value is -0.570. The van der Waals surface area contributed by atoms with Gasteiger partial charge in [-0.1, -0.05) is 26.7 Å². The van der Waals surface area contributed by atoms with E-state index in [4.69, 9.17) is 5.73 Å². The second-order valence-electron chi connectivity index (χ2n) is 6.15. The Bertz CT molecular complexity index is 275. The number of hydrogen-bond acceptors (Lipinski definition) is 2. The molecule has 0 aromatic carbocycles. The molecule has 3 N–H and O–H groups in total. The monoisotopic (exact) mass is 238 g/mol. The number of amides is 1. The molecule has 1 amide bonds. The lowest BCUT2D eigenvalue weighted by molar-refractivity contribution is -0.123. The Kier molecular flexibility index (Phi) is 4.08. The first-order chi connectivity index (χ1) is 8.08. The standard InChI is InChI=1S/C14H26N2O/c1-9-4-3-5-13(10(9)2)16-14(17)8-12(15)11-6-7-11/h9-13H,3-8,15H2,1-2H3,(H,16,17). The summed E-state index contributed by atoms with van der Waals surface area (Å²) in [4.78, 5) is 11.9. The average Bonchev–Trinajstić information content (AvgIpc) is 3.08. The molecule has 2 aliphatic carbocycles. The maximum atomic E-state index is 11.9. The molecule has 2 rings (SSSR count).